The van der Waals surface area contributed by atoms with E-state index >= 15 is 0 Å². The average Bonchev–Trinajstić information content (AvgIpc) is 2.42. The molecule has 4 nitrogen and oxygen atoms in total. The van der Waals surface area contributed by atoms with Crippen LogP contribution >= 0.6 is 0 Å². The Morgan fingerprint density at radius 3 is 1.38 bits per heavy atom. The van der Waals surface area contributed by atoms with Crippen molar-refractivity contribution in [3.8, 4) is 0 Å². The molecule has 0 spiro atoms. The summed E-state index contributed by atoms with van der Waals surface area (Å²) < 4.78 is 29.8. The molecule has 0 aliphatic carbocycles. The van der Waals surface area contributed by atoms with Gasteiger partial charge in [0.15, 0.2) is 5.44 Å². The third-order valence-corrected chi connectivity index (χ3v) is 4.82. The normalized spacial score (nSPS) is 13.5. The molecule has 0 saturated carbocycles. The summed E-state index contributed by atoms with van der Waals surface area (Å²) in [6.45, 7) is 2.24. The molecular formula is C16H34O4S. The number of aliphatic hydroxyl groups excluding tert-OH is 1. The molecule has 0 saturated heterocycles. The van der Waals surface area contributed by atoms with E-state index in [4.69, 9.17) is 9.66 Å². The highest BCUT2D eigenvalue weighted by molar-refractivity contribution is 7.86. The monoisotopic (exact) mass is 322 g/mol. The third-order valence-electron chi connectivity index (χ3n) is 3.90. The second-order valence-electron chi connectivity index (χ2n) is 6.00. The maximum absolute atomic E-state index is 10.6. The van der Waals surface area contributed by atoms with Gasteiger partial charge in [-0.3, -0.25) is 4.55 Å². The van der Waals surface area contributed by atoms with Crippen LogP contribution in [0.4, 0.5) is 0 Å². The minimum absolute atomic E-state index is 0.136. The first-order valence-corrected chi connectivity index (χ1v) is 10.1. The van der Waals surface area contributed by atoms with E-state index in [-0.39, 0.29) is 6.42 Å². The van der Waals surface area contributed by atoms with Gasteiger partial charge in [0.2, 0.25) is 0 Å². The van der Waals surface area contributed by atoms with Crippen molar-refractivity contribution in [2.75, 3.05) is 0 Å². The van der Waals surface area contributed by atoms with Gasteiger partial charge in [-0.25, -0.2) is 0 Å². The molecule has 2 N–H and O–H groups in total. The molecule has 21 heavy (non-hydrogen) atoms. The molecule has 0 aromatic heterocycles. The Bertz CT molecular complexity index is 314. The summed E-state index contributed by atoms with van der Waals surface area (Å²) in [6, 6.07) is 0. The van der Waals surface area contributed by atoms with Crippen molar-refractivity contribution in [1.82, 2.24) is 0 Å². The van der Waals surface area contributed by atoms with Crippen molar-refractivity contribution < 1.29 is 18.1 Å². The highest BCUT2D eigenvalue weighted by Crippen LogP contribution is 2.14. The molecule has 0 bridgehead atoms. The van der Waals surface area contributed by atoms with E-state index in [0.717, 1.165) is 12.8 Å². The highest BCUT2D eigenvalue weighted by atomic mass is 32.2. The van der Waals surface area contributed by atoms with Gasteiger partial charge in [0.25, 0.3) is 10.1 Å². The Morgan fingerprint density at radius 2 is 1.05 bits per heavy atom. The van der Waals surface area contributed by atoms with E-state index in [9.17, 15) is 8.42 Å². The second-order valence-corrected chi connectivity index (χ2v) is 7.58. The molecule has 0 aromatic carbocycles. The van der Waals surface area contributed by atoms with Crippen molar-refractivity contribution in [2.24, 2.45) is 0 Å². The maximum Gasteiger partial charge on any atom is 0.291 e. The fourth-order valence-corrected chi connectivity index (χ4v) is 2.95. The molecule has 0 aliphatic rings. The molecule has 5 heteroatoms. The summed E-state index contributed by atoms with van der Waals surface area (Å²) in [7, 11) is -4.26. The van der Waals surface area contributed by atoms with E-state index in [2.05, 4.69) is 6.92 Å². The van der Waals surface area contributed by atoms with E-state index < -0.39 is 15.6 Å². The van der Waals surface area contributed by atoms with Crippen LogP contribution in [0.1, 0.15) is 96.8 Å². The summed E-state index contributed by atoms with van der Waals surface area (Å²) in [5, 5.41) is 9.12. The zero-order valence-electron chi connectivity index (χ0n) is 13.6. The van der Waals surface area contributed by atoms with E-state index in [1.54, 1.807) is 0 Å². The minimum atomic E-state index is -4.26. The minimum Gasteiger partial charge on any atom is -0.375 e. The maximum atomic E-state index is 10.6. The van der Waals surface area contributed by atoms with Gasteiger partial charge in [0, 0.05) is 0 Å². The lowest BCUT2D eigenvalue weighted by molar-refractivity contribution is 0.219. The van der Waals surface area contributed by atoms with Crippen LogP contribution in [0.15, 0.2) is 0 Å². The first-order valence-electron chi connectivity index (χ1n) is 8.63. The fourth-order valence-electron chi connectivity index (χ4n) is 2.49. The van der Waals surface area contributed by atoms with Crippen LogP contribution in [-0.4, -0.2) is 23.5 Å². The van der Waals surface area contributed by atoms with Gasteiger partial charge >= 0.3 is 0 Å². The zero-order valence-corrected chi connectivity index (χ0v) is 14.4. The van der Waals surface area contributed by atoms with Crippen LogP contribution in [0.3, 0.4) is 0 Å². The van der Waals surface area contributed by atoms with Crippen LogP contribution in [0, 0.1) is 0 Å². The first-order chi connectivity index (χ1) is 9.98. The Labute approximate surface area is 131 Å². The van der Waals surface area contributed by atoms with Crippen molar-refractivity contribution in [2.45, 2.75) is 102 Å². The van der Waals surface area contributed by atoms with Gasteiger partial charge in [-0.15, -0.1) is 0 Å². The van der Waals surface area contributed by atoms with Gasteiger partial charge in [-0.05, 0) is 12.8 Å². The molecule has 0 unspecified atom stereocenters. The smallest absolute Gasteiger partial charge is 0.291 e. The molecule has 0 rings (SSSR count). The van der Waals surface area contributed by atoms with Crippen molar-refractivity contribution in [1.29, 1.82) is 0 Å². The third kappa shape index (κ3) is 14.6. The predicted molar refractivity (Wildman–Crippen MR) is 87.9 cm³/mol. The molecular weight excluding hydrogens is 288 g/mol. The number of hydrogen-bond acceptors (Lipinski definition) is 3. The molecule has 0 aliphatic heterocycles. The molecule has 128 valence electrons. The van der Waals surface area contributed by atoms with Gasteiger partial charge in [-0.1, -0.05) is 84.0 Å². The van der Waals surface area contributed by atoms with E-state index in [0.29, 0.717) is 6.42 Å². The highest BCUT2D eigenvalue weighted by Gasteiger charge is 2.18. The van der Waals surface area contributed by atoms with E-state index in [1.165, 1.54) is 64.2 Å². The standard InChI is InChI=1S/C16H34O4S/c1-2-3-4-5-6-7-8-9-10-11-12-13-14-15-16(17)21(18,19)20/h16-17H,2-15H2,1H3,(H,18,19,20)/t16-/m1/s1. The Balaban J connectivity index is 3.16. The van der Waals surface area contributed by atoms with Gasteiger partial charge in [0.1, 0.15) is 0 Å². The summed E-state index contributed by atoms with van der Waals surface area (Å²) in [6.07, 6.45) is 16.0. The largest absolute Gasteiger partial charge is 0.375 e. The van der Waals surface area contributed by atoms with Crippen LogP contribution in [0.5, 0.6) is 0 Å². The Hall–Kier alpha value is -0.130. The summed E-state index contributed by atoms with van der Waals surface area (Å²) in [4.78, 5) is 0. The van der Waals surface area contributed by atoms with E-state index in [1.807, 2.05) is 0 Å². The van der Waals surface area contributed by atoms with Gasteiger partial charge < -0.3 is 5.11 Å². The van der Waals surface area contributed by atoms with Crippen LogP contribution < -0.4 is 0 Å². The Kier molecular flexibility index (Phi) is 13.4. The summed E-state index contributed by atoms with van der Waals surface area (Å²) >= 11 is 0. The SMILES string of the molecule is CCCCCCCCCCCCCCC[C@H](O)S(=O)(=O)O. The number of rotatable bonds is 15. The second kappa shape index (κ2) is 13.5. The molecule has 1 atom stereocenters. The first kappa shape index (κ1) is 20.9. The van der Waals surface area contributed by atoms with Crippen molar-refractivity contribution >= 4 is 10.1 Å². The summed E-state index contributed by atoms with van der Waals surface area (Å²) in [5.41, 5.74) is -1.61. The van der Waals surface area contributed by atoms with Gasteiger partial charge in [-0.2, -0.15) is 8.42 Å². The van der Waals surface area contributed by atoms with Crippen LogP contribution in [-0.2, 0) is 10.1 Å². The lowest BCUT2D eigenvalue weighted by Gasteiger charge is -2.06. The predicted octanol–water partition coefficient (Wildman–Crippen LogP) is 4.67. The quantitative estimate of drug-likeness (QED) is 0.339. The molecule has 0 amide bonds. The fraction of sp³-hybridized carbons (Fsp3) is 1.00. The zero-order chi connectivity index (χ0) is 16.0. The average molecular weight is 323 g/mol. The molecule has 0 heterocycles. The number of hydrogen-bond donors (Lipinski definition) is 2. The topological polar surface area (TPSA) is 74.6 Å². The van der Waals surface area contributed by atoms with Gasteiger partial charge in [0.05, 0.1) is 0 Å². The van der Waals surface area contributed by atoms with Crippen molar-refractivity contribution in [3.63, 3.8) is 0 Å². The number of aliphatic hydroxyl groups is 1. The summed E-state index contributed by atoms with van der Waals surface area (Å²) in [5.74, 6) is 0. The molecule has 0 aromatic rings. The number of unbranched alkanes of at least 4 members (excludes halogenated alkanes) is 12. The lowest BCUT2D eigenvalue weighted by Crippen LogP contribution is -2.19. The lowest BCUT2D eigenvalue weighted by atomic mass is 10.0. The molecule has 0 radical (unpaired) electrons. The van der Waals surface area contributed by atoms with Crippen molar-refractivity contribution in [3.05, 3.63) is 0 Å². The molecule has 0 fully saturated rings. The Morgan fingerprint density at radius 1 is 0.714 bits per heavy atom. The van der Waals surface area contributed by atoms with Crippen LogP contribution in [0.25, 0.3) is 0 Å². The van der Waals surface area contributed by atoms with Crippen LogP contribution in [0.2, 0.25) is 0 Å².